The summed E-state index contributed by atoms with van der Waals surface area (Å²) < 4.78 is 38.3. The average Bonchev–Trinajstić information content (AvgIpc) is 3.02. The van der Waals surface area contributed by atoms with E-state index >= 15 is 0 Å². The maximum atomic E-state index is 12.8. The van der Waals surface area contributed by atoms with Crippen LogP contribution in [0.3, 0.4) is 0 Å². The van der Waals surface area contributed by atoms with E-state index in [0.29, 0.717) is 24.8 Å². The van der Waals surface area contributed by atoms with Gasteiger partial charge in [-0.1, -0.05) is 41.9 Å². The molecule has 0 spiro atoms. The summed E-state index contributed by atoms with van der Waals surface area (Å²) in [6.45, 7) is 1.80. The number of benzene rings is 2. The number of nitrogens with zero attached hydrogens (tertiary/aromatic N) is 2. The molecule has 0 radical (unpaired) electrons. The van der Waals surface area contributed by atoms with Crippen molar-refractivity contribution in [3.8, 4) is 0 Å². The van der Waals surface area contributed by atoms with Crippen LogP contribution in [0.15, 0.2) is 42.5 Å². The first kappa shape index (κ1) is 26.2. The molecule has 0 saturated heterocycles. The van der Waals surface area contributed by atoms with E-state index in [2.05, 4.69) is 11.9 Å². The van der Waals surface area contributed by atoms with E-state index in [0.717, 1.165) is 59.0 Å². The third kappa shape index (κ3) is 7.31. The number of unbranched alkanes of at least 4 members (excludes halogenated alkanes) is 1. The third-order valence-corrected chi connectivity index (χ3v) is 6.64. The van der Waals surface area contributed by atoms with Crippen molar-refractivity contribution in [1.82, 2.24) is 9.80 Å². The number of rotatable bonds is 9. The van der Waals surface area contributed by atoms with Crippen LogP contribution in [-0.4, -0.2) is 60.9 Å². The van der Waals surface area contributed by atoms with Crippen LogP contribution in [0.1, 0.15) is 46.3 Å². The molecule has 0 aliphatic carbocycles. The highest BCUT2D eigenvalue weighted by Crippen LogP contribution is 2.23. The van der Waals surface area contributed by atoms with Crippen molar-refractivity contribution in [3.05, 3.63) is 69.7 Å². The molecule has 1 heterocycles. The van der Waals surface area contributed by atoms with Gasteiger partial charge in [0.05, 0.1) is 0 Å². The summed E-state index contributed by atoms with van der Waals surface area (Å²) in [5, 5.41) is 0.780. The number of hydrogen-bond donors (Lipinski definition) is 0. The van der Waals surface area contributed by atoms with Crippen LogP contribution in [0.4, 0.5) is 13.2 Å². The van der Waals surface area contributed by atoms with E-state index < -0.39 is 12.1 Å². The Morgan fingerprint density at radius 3 is 2.41 bits per heavy atom. The van der Waals surface area contributed by atoms with Crippen molar-refractivity contribution in [2.24, 2.45) is 0 Å². The van der Waals surface area contributed by atoms with Gasteiger partial charge in [-0.05, 0) is 74.5 Å². The molecule has 8 heteroatoms. The van der Waals surface area contributed by atoms with Crippen LogP contribution in [0.2, 0.25) is 5.02 Å². The van der Waals surface area contributed by atoms with Crippen LogP contribution in [0, 0.1) is 0 Å². The SMILES string of the molecule is CN(CCCCC(=O)c1ccc2c(c1)CCN(C(=O)C(F)(F)F)CC2)CCc1ccccc1Cl. The molecule has 0 saturated carbocycles. The van der Waals surface area contributed by atoms with Gasteiger partial charge in [0.15, 0.2) is 5.78 Å². The predicted octanol–water partition coefficient (Wildman–Crippen LogP) is 5.36. The first-order valence-electron chi connectivity index (χ1n) is 11.6. The Labute approximate surface area is 203 Å². The molecule has 1 amide bonds. The van der Waals surface area contributed by atoms with Gasteiger partial charge in [-0.2, -0.15) is 13.2 Å². The highest BCUT2D eigenvalue weighted by Gasteiger charge is 2.42. The van der Waals surface area contributed by atoms with Gasteiger partial charge in [-0.3, -0.25) is 9.59 Å². The molecule has 34 heavy (non-hydrogen) atoms. The Bertz CT molecular complexity index is 1010. The molecule has 0 bridgehead atoms. The number of hydrogen-bond acceptors (Lipinski definition) is 3. The van der Waals surface area contributed by atoms with Gasteiger partial charge < -0.3 is 9.80 Å². The number of halogens is 4. The number of alkyl halides is 3. The summed E-state index contributed by atoms with van der Waals surface area (Å²) in [7, 11) is 2.05. The Morgan fingerprint density at radius 2 is 1.71 bits per heavy atom. The lowest BCUT2D eigenvalue weighted by Crippen LogP contribution is -2.42. The van der Waals surface area contributed by atoms with Gasteiger partial charge in [0.2, 0.25) is 0 Å². The van der Waals surface area contributed by atoms with Crippen LogP contribution in [-0.2, 0) is 24.1 Å². The van der Waals surface area contributed by atoms with E-state index in [4.69, 9.17) is 11.6 Å². The van der Waals surface area contributed by atoms with E-state index in [1.807, 2.05) is 30.3 Å². The van der Waals surface area contributed by atoms with Crippen LogP contribution in [0.5, 0.6) is 0 Å². The fourth-order valence-electron chi connectivity index (χ4n) is 4.22. The van der Waals surface area contributed by atoms with Crippen molar-refractivity contribution in [1.29, 1.82) is 0 Å². The Kier molecular flexibility index (Phi) is 9.14. The molecule has 3 rings (SSSR count). The molecule has 2 aromatic carbocycles. The monoisotopic (exact) mass is 494 g/mol. The molecule has 0 atom stereocenters. The van der Waals surface area contributed by atoms with Gasteiger partial charge >= 0.3 is 12.1 Å². The number of carbonyl (C=O) groups is 2. The molecule has 0 unspecified atom stereocenters. The normalized spacial score (nSPS) is 14.1. The maximum Gasteiger partial charge on any atom is 0.471 e. The molecule has 2 aromatic rings. The van der Waals surface area contributed by atoms with Gasteiger partial charge in [0, 0.05) is 36.6 Å². The number of amides is 1. The lowest BCUT2D eigenvalue weighted by molar-refractivity contribution is -0.185. The minimum atomic E-state index is -4.86. The van der Waals surface area contributed by atoms with Crippen molar-refractivity contribution in [2.75, 3.05) is 33.2 Å². The molecule has 184 valence electrons. The fourth-order valence-corrected chi connectivity index (χ4v) is 4.45. The smallest absolute Gasteiger partial charge is 0.334 e. The summed E-state index contributed by atoms with van der Waals surface area (Å²) >= 11 is 6.20. The zero-order chi connectivity index (χ0) is 24.7. The van der Waals surface area contributed by atoms with Crippen molar-refractivity contribution in [3.63, 3.8) is 0 Å². The van der Waals surface area contributed by atoms with Crippen LogP contribution in [0.25, 0.3) is 0 Å². The Balaban J connectivity index is 1.43. The molecule has 0 aromatic heterocycles. The number of likely N-dealkylation sites (N-methyl/N-ethyl adjacent to an activating group) is 1. The molecule has 1 aliphatic rings. The second-order valence-electron chi connectivity index (χ2n) is 8.80. The quantitative estimate of drug-likeness (QED) is 0.348. The molecule has 0 fully saturated rings. The van der Waals surface area contributed by atoms with E-state index in [1.165, 1.54) is 0 Å². The van der Waals surface area contributed by atoms with Crippen LogP contribution >= 0.6 is 11.6 Å². The second-order valence-corrected chi connectivity index (χ2v) is 9.21. The Hall–Kier alpha value is -2.38. The summed E-state index contributed by atoms with van der Waals surface area (Å²) in [6, 6.07) is 13.2. The van der Waals surface area contributed by atoms with Gasteiger partial charge in [0.1, 0.15) is 0 Å². The predicted molar refractivity (Wildman–Crippen MR) is 127 cm³/mol. The number of carbonyl (C=O) groups excluding carboxylic acids is 2. The highest BCUT2D eigenvalue weighted by molar-refractivity contribution is 6.31. The zero-order valence-corrected chi connectivity index (χ0v) is 20.1. The minimum Gasteiger partial charge on any atom is -0.334 e. The summed E-state index contributed by atoms with van der Waals surface area (Å²) in [5.74, 6) is -1.76. The largest absolute Gasteiger partial charge is 0.471 e. The lowest BCUT2D eigenvalue weighted by atomic mass is 9.97. The topological polar surface area (TPSA) is 40.6 Å². The van der Waals surface area contributed by atoms with E-state index in [9.17, 15) is 22.8 Å². The maximum absolute atomic E-state index is 12.8. The highest BCUT2D eigenvalue weighted by atomic mass is 35.5. The number of Topliss-reactive ketones (excluding diaryl/α,β-unsaturated/α-hetero) is 1. The van der Waals surface area contributed by atoms with Crippen molar-refractivity contribution < 1.29 is 22.8 Å². The third-order valence-electron chi connectivity index (χ3n) is 6.27. The molecular weight excluding hydrogens is 465 g/mol. The van der Waals surface area contributed by atoms with Crippen molar-refractivity contribution >= 4 is 23.3 Å². The van der Waals surface area contributed by atoms with E-state index in [-0.39, 0.29) is 18.9 Å². The molecule has 4 nitrogen and oxygen atoms in total. The average molecular weight is 495 g/mol. The first-order chi connectivity index (χ1) is 16.1. The fraction of sp³-hybridized carbons (Fsp3) is 0.462. The van der Waals surface area contributed by atoms with Gasteiger partial charge in [0.25, 0.3) is 0 Å². The first-order valence-corrected chi connectivity index (χ1v) is 12.0. The van der Waals surface area contributed by atoms with Gasteiger partial charge in [-0.25, -0.2) is 0 Å². The van der Waals surface area contributed by atoms with Gasteiger partial charge in [-0.15, -0.1) is 0 Å². The second kappa shape index (κ2) is 11.8. The standard InChI is InChI=1S/C26H30ClF3N2O2/c1-31(15-11-20-6-2-3-7-23(20)27)14-5-4-8-24(33)22-10-9-19-12-16-32(17-13-21(19)18-22)25(34)26(28,29)30/h2-3,6-7,9-10,18H,4-5,8,11-17H2,1H3. The minimum absolute atomic E-state index is 0.00349. The number of fused-ring (bicyclic) bond motifs is 1. The molecular formula is C26H30ClF3N2O2. The molecule has 1 aliphatic heterocycles. The summed E-state index contributed by atoms with van der Waals surface area (Å²) in [6.07, 6.45) is -1.24. The van der Waals surface area contributed by atoms with E-state index in [1.54, 1.807) is 12.1 Å². The lowest BCUT2D eigenvalue weighted by Gasteiger charge is -2.21. The summed E-state index contributed by atoms with van der Waals surface area (Å²) in [4.78, 5) is 27.3. The van der Waals surface area contributed by atoms with Crippen molar-refractivity contribution in [2.45, 2.75) is 44.7 Å². The van der Waals surface area contributed by atoms with Crippen LogP contribution < -0.4 is 0 Å². The number of ketones is 1. The Morgan fingerprint density at radius 1 is 1.00 bits per heavy atom. The molecule has 0 N–H and O–H groups in total. The zero-order valence-electron chi connectivity index (χ0n) is 19.3. The summed E-state index contributed by atoms with van der Waals surface area (Å²) in [5.41, 5.74) is 3.46.